The van der Waals surface area contributed by atoms with Gasteiger partial charge in [0.15, 0.2) is 0 Å². The lowest BCUT2D eigenvalue weighted by Gasteiger charge is -2.36. The topological polar surface area (TPSA) is 52.9 Å². The van der Waals surface area contributed by atoms with Gasteiger partial charge in [-0.05, 0) is 139 Å². The van der Waals surface area contributed by atoms with Gasteiger partial charge in [0, 0.05) is 27.0 Å². The normalized spacial score (nSPS) is 16.6. The van der Waals surface area contributed by atoms with Crippen molar-refractivity contribution in [1.82, 2.24) is 28.7 Å². The van der Waals surface area contributed by atoms with Crippen LogP contribution in [0.25, 0.3) is 77.7 Å². The second-order valence-electron chi connectivity index (χ2n) is 20.0. The van der Waals surface area contributed by atoms with Crippen molar-refractivity contribution in [3.63, 3.8) is 0 Å². The first-order valence-corrected chi connectivity index (χ1v) is 26.0. The molecule has 2 aromatic heterocycles. The average Bonchev–Trinajstić information content (AvgIpc) is 4.24. The maximum Gasteiger partial charge on any atom is 0.447 e. The number of rotatable bonds is 7. The molecule has 2 aliphatic carbocycles. The molecule has 0 bridgehead atoms. The highest BCUT2D eigenvalue weighted by Crippen LogP contribution is 2.54. The fourth-order valence-corrected chi connectivity index (χ4v) is 12.4. The second kappa shape index (κ2) is 16.7. The van der Waals surface area contributed by atoms with Gasteiger partial charge in [-0.2, -0.15) is 9.15 Å². The first kappa shape index (κ1) is 42.4. The number of para-hydroxylation sites is 2. The molecule has 0 saturated carbocycles. The first-order chi connectivity index (χ1) is 37.7. The number of hydrogen-bond acceptors (Lipinski definition) is 4. The molecule has 11 aromatic rings. The van der Waals surface area contributed by atoms with Crippen molar-refractivity contribution in [3.05, 3.63) is 272 Å². The Labute approximate surface area is 439 Å². The Hall–Kier alpha value is -10.1. The zero-order chi connectivity index (χ0) is 49.8. The van der Waals surface area contributed by atoms with E-state index >= 15 is 0 Å². The molecule has 7 heteroatoms. The summed E-state index contributed by atoms with van der Waals surface area (Å²) < 4.78 is 7.15. The number of aromatic nitrogens is 4. The van der Waals surface area contributed by atoms with Crippen LogP contribution in [0.15, 0.2) is 261 Å². The SMILES string of the molecule is C1=CC2=[N+](c3nc(-c4ccccc4)nc([N+]4=C5C=C(c6ccccc6)C=C6c7cc(-c8ccccc8)ccc7N(c7ccccc74)C65)n3)c3cc(-c4ccccc4)cc4c5cc(-c6ccccc6)ccc5n(c34)C2C=C1. The first-order valence-electron chi connectivity index (χ1n) is 26.0. The van der Waals surface area contributed by atoms with Gasteiger partial charge >= 0.3 is 17.7 Å². The highest BCUT2D eigenvalue weighted by atomic mass is 15.3. The average molecular weight is 972 g/mol. The molecule has 0 fully saturated rings. The summed E-state index contributed by atoms with van der Waals surface area (Å²) in [6.07, 6.45) is 13.6. The zero-order valence-electron chi connectivity index (χ0n) is 41.1. The van der Waals surface area contributed by atoms with E-state index in [2.05, 4.69) is 273 Å². The van der Waals surface area contributed by atoms with Gasteiger partial charge in [-0.1, -0.05) is 182 Å². The minimum absolute atomic E-state index is 0.151. The minimum Gasteiger partial charge on any atom is -0.323 e. The van der Waals surface area contributed by atoms with Crippen molar-refractivity contribution < 1.29 is 0 Å². The molecule has 16 rings (SSSR count). The molecule has 354 valence electrons. The van der Waals surface area contributed by atoms with Gasteiger partial charge in [0.1, 0.15) is 34.9 Å². The molecule has 0 amide bonds. The van der Waals surface area contributed by atoms with Gasteiger partial charge in [-0.25, -0.2) is 0 Å². The Balaban J connectivity index is 0.981. The van der Waals surface area contributed by atoms with E-state index in [0.717, 1.165) is 61.8 Å². The maximum atomic E-state index is 5.78. The van der Waals surface area contributed by atoms with E-state index in [9.17, 15) is 0 Å². The van der Waals surface area contributed by atoms with E-state index in [4.69, 9.17) is 15.0 Å². The number of allylic oxidation sites excluding steroid dienone is 6. The van der Waals surface area contributed by atoms with Crippen molar-refractivity contribution in [2.75, 3.05) is 4.90 Å². The van der Waals surface area contributed by atoms with Gasteiger partial charge in [-0.3, -0.25) is 0 Å². The number of fused-ring (bicyclic) bond motifs is 10. The molecule has 3 aliphatic heterocycles. The summed E-state index contributed by atoms with van der Waals surface area (Å²) in [5.74, 6) is 1.67. The van der Waals surface area contributed by atoms with Crippen LogP contribution < -0.4 is 14.1 Å². The fourth-order valence-electron chi connectivity index (χ4n) is 12.4. The Morgan fingerprint density at radius 1 is 0.408 bits per heavy atom. The predicted molar refractivity (Wildman–Crippen MR) is 312 cm³/mol. The molecule has 2 unspecified atom stereocenters. The quantitative estimate of drug-likeness (QED) is 0.149. The number of hydrogen-bond donors (Lipinski definition) is 0. The lowest BCUT2D eigenvalue weighted by Crippen LogP contribution is -2.44. The molecule has 7 nitrogen and oxygen atoms in total. The molecule has 5 aliphatic rings. The Morgan fingerprint density at radius 3 is 1.68 bits per heavy atom. The van der Waals surface area contributed by atoms with Gasteiger partial charge in [0.05, 0.1) is 22.3 Å². The summed E-state index contributed by atoms with van der Waals surface area (Å²) in [6.45, 7) is 0. The van der Waals surface area contributed by atoms with E-state index in [1.54, 1.807) is 0 Å². The molecule has 0 spiro atoms. The lowest BCUT2D eigenvalue weighted by molar-refractivity contribution is 0.763. The smallest absolute Gasteiger partial charge is 0.323 e. The van der Waals surface area contributed by atoms with E-state index in [1.807, 2.05) is 6.07 Å². The van der Waals surface area contributed by atoms with Crippen LogP contribution in [0.3, 0.4) is 0 Å². The molecular formula is C69H45N7+2. The van der Waals surface area contributed by atoms with E-state index in [-0.39, 0.29) is 12.1 Å². The van der Waals surface area contributed by atoms with E-state index in [0.29, 0.717) is 17.7 Å². The van der Waals surface area contributed by atoms with Crippen LogP contribution in [-0.2, 0) is 0 Å². The molecule has 76 heavy (non-hydrogen) atoms. The monoisotopic (exact) mass is 971 g/mol. The summed E-state index contributed by atoms with van der Waals surface area (Å²) in [5.41, 5.74) is 21.3. The van der Waals surface area contributed by atoms with Crippen molar-refractivity contribution in [2.45, 2.75) is 12.1 Å². The Morgan fingerprint density at radius 2 is 0.987 bits per heavy atom. The minimum atomic E-state index is -0.164. The third-order valence-electron chi connectivity index (χ3n) is 15.8. The molecule has 5 heterocycles. The Bertz CT molecular complexity index is 4430. The van der Waals surface area contributed by atoms with Crippen molar-refractivity contribution in [3.8, 4) is 44.8 Å². The van der Waals surface area contributed by atoms with Crippen LogP contribution >= 0.6 is 0 Å². The number of nitrogens with zero attached hydrogens (tertiary/aromatic N) is 7. The molecule has 0 saturated heterocycles. The standard InChI is InChI=1S/C69H45N7/c1-6-20-44(21-7-1)49-34-36-57-53(38-49)55-40-51(46-24-10-3-11-25-46)42-63-65(55)73(57)59-30-16-18-32-61(59)75(63)68-70-67(48-28-14-5-15-29-48)71-69(72-68)76-62-33-19-17-31-60(62)74-58-37-35-50(45-22-8-2-9-23-45)39-54(58)56-41-52(43-64(76)66(56)74)47-26-12-4-13-27-47/h1-43,59,66H/q+2. The van der Waals surface area contributed by atoms with Crippen LogP contribution in [0, 0.1) is 0 Å². The molecule has 9 aromatic carbocycles. The third kappa shape index (κ3) is 6.45. The summed E-state index contributed by atoms with van der Waals surface area (Å²) in [4.78, 5) is 19.4. The third-order valence-corrected chi connectivity index (χ3v) is 15.8. The molecule has 0 radical (unpaired) electrons. The van der Waals surface area contributed by atoms with Gasteiger partial charge in [-0.15, -0.1) is 0 Å². The zero-order valence-corrected chi connectivity index (χ0v) is 41.1. The maximum absolute atomic E-state index is 5.78. The Kier molecular flexibility index (Phi) is 9.32. The summed E-state index contributed by atoms with van der Waals surface area (Å²) >= 11 is 0. The lowest BCUT2D eigenvalue weighted by atomic mass is 9.86. The van der Waals surface area contributed by atoms with Crippen molar-refractivity contribution in [2.24, 2.45) is 0 Å². The highest BCUT2D eigenvalue weighted by molar-refractivity contribution is 6.25. The predicted octanol–water partition coefficient (Wildman–Crippen LogP) is 15.9. The molecular weight excluding hydrogens is 927 g/mol. The van der Waals surface area contributed by atoms with E-state index in [1.165, 1.54) is 55.4 Å². The fraction of sp³-hybridized carbons (Fsp3) is 0.0290. The van der Waals surface area contributed by atoms with Crippen LogP contribution in [-0.4, -0.2) is 37.0 Å². The highest BCUT2D eigenvalue weighted by Gasteiger charge is 2.48. The summed E-state index contributed by atoms with van der Waals surface area (Å²) in [7, 11) is 0. The van der Waals surface area contributed by atoms with Crippen LogP contribution in [0.4, 0.5) is 34.6 Å². The molecule has 0 N–H and O–H groups in total. The van der Waals surface area contributed by atoms with Crippen LogP contribution in [0.1, 0.15) is 17.2 Å². The van der Waals surface area contributed by atoms with Crippen molar-refractivity contribution >= 4 is 79.0 Å². The summed E-state index contributed by atoms with van der Waals surface area (Å²) in [6, 6.07) is 80.2. The summed E-state index contributed by atoms with van der Waals surface area (Å²) in [5, 5.41) is 2.37. The van der Waals surface area contributed by atoms with Gasteiger partial charge in [0.2, 0.25) is 0 Å². The second-order valence-corrected chi connectivity index (χ2v) is 20.0. The van der Waals surface area contributed by atoms with Crippen LogP contribution in [0.5, 0.6) is 0 Å². The van der Waals surface area contributed by atoms with Crippen molar-refractivity contribution in [1.29, 1.82) is 0 Å². The van der Waals surface area contributed by atoms with Crippen LogP contribution in [0.2, 0.25) is 0 Å². The van der Waals surface area contributed by atoms with Gasteiger partial charge < -0.3 is 9.47 Å². The van der Waals surface area contributed by atoms with E-state index < -0.39 is 0 Å². The number of anilines is 2. The van der Waals surface area contributed by atoms with Gasteiger partial charge in [0.25, 0.3) is 0 Å². The molecule has 2 atom stereocenters. The largest absolute Gasteiger partial charge is 0.447 e. The number of benzene rings is 9.